The van der Waals surface area contributed by atoms with Gasteiger partial charge in [0.25, 0.3) is 5.54 Å². The molecule has 0 saturated carbocycles. The van der Waals surface area contributed by atoms with Crippen molar-refractivity contribution in [3.63, 3.8) is 0 Å². The molecule has 154 valence electrons. The summed E-state index contributed by atoms with van der Waals surface area (Å²) in [6.45, 7) is 4.83. The number of esters is 2. The van der Waals surface area contributed by atoms with E-state index in [-0.39, 0.29) is 12.3 Å². The van der Waals surface area contributed by atoms with Gasteiger partial charge in [0.1, 0.15) is 17.3 Å². The second-order valence-electron chi connectivity index (χ2n) is 7.24. The molecule has 1 aliphatic heterocycles. The fraction of sp³-hybridized carbons (Fsp3) is 0.350. The van der Waals surface area contributed by atoms with Gasteiger partial charge < -0.3 is 14.6 Å². The van der Waals surface area contributed by atoms with Gasteiger partial charge >= 0.3 is 11.9 Å². The lowest BCUT2D eigenvalue weighted by atomic mass is 9.95. The second-order valence-corrected chi connectivity index (χ2v) is 7.24. The third kappa shape index (κ3) is 5.34. The van der Waals surface area contributed by atoms with E-state index in [2.05, 4.69) is 14.7 Å². The Morgan fingerprint density at radius 1 is 1.21 bits per heavy atom. The zero-order valence-corrected chi connectivity index (χ0v) is 16.4. The highest BCUT2D eigenvalue weighted by Gasteiger charge is 2.49. The van der Waals surface area contributed by atoms with Crippen molar-refractivity contribution >= 4 is 29.8 Å². The van der Waals surface area contributed by atoms with Crippen molar-refractivity contribution in [3.8, 4) is 0 Å². The molecule has 2 rings (SSSR count). The quantitative estimate of drug-likeness (QED) is 0.336. The van der Waals surface area contributed by atoms with Crippen LogP contribution >= 0.6 is 0 Å². The van der Waals surface area contributed by atoms with E-state index in [0.717, 1.165) is 13.3 Å². The predicted molar refractivity (Wildman–Crippen MR) is 102 cm³/mol. The lowest BCUT2D eigenvalue weighted by Crippen LogP contribution is -2.48. The van der Waals surface area contributed by atoms with Crippen molar-refractivity contribution < 1.29 is 33.4 Å². The number of ketones is 1. The third-order valence-corrected chi connectivity index (χ3v) is 3.73. The largest absolute Gasteiger partial charge is 0.502 e. The molecule has 0 aliphatic carbocycles. The van der Waals surface area contributed by atoms with Crippen LogP contribution in [0.3, 0.4) is 0 Å². The number of nitrogens with zero attached hydrogens (tertiary/aromatic N) is 2. The van der Waals surface area contributed by atoms with E-state index in [1.165, 1.54) is 24.3 Å². The summed E-state index contributed by atoms with van der Waals surface area (Å²) in [6.07, 6.45) is 1.68. The Bertz CT molecular complexity index is 912. The van der Waals surface area contributed by atoms with Crippen LogP contribution in [-0.4, -0.2) is 53.1 Å². The van der Waals surface area contributed by atoms with Crippen LogP contribution in [-0.2, 0) is 30.3 Å². The highest BCUT2D eigenvalue weighted by atomic mass is 19.1. The predicted octanol–water partition coefficient (Wildman–Crippen LogP) is 2.12. The Morgan fingerprint density at radius 3 is 2.38 bits per heavy atom. The standard InChI is InChI=1S/C20H21FN2O6/c1-19(2,3)29-18(27)20(15(25)10-14(24)17(26)28-4)11-22-16(23-20)9-12-5-7-13(21)8-6-12/h5-8,10-11,24H,9H2,1-4H3. The summed E-state index contributed by atoms with van der Waals surface area (Å²) in [5.41, 5.74) is -2.46. The van der Waals surface area contributed by atoms with Crippen LogP contribution in [0.15, 0.2) is 46.1 Å². The van der Waals surface area contributed by atoms with E-state index in [1.54, 1.807) is 20.8 Å². The summed E-state index contributed by atoms with van der Waals surface area (Å²) in [7, 11) is 1.02. The molecule has 1 aromatic carbocycles. The Balaban J connectivity index is 2.41. The van der Waals surface area contributed by atoms with Crippen LogP contribution in [0.2, 0.25) is 0 Å². The topological polar surface area (TPSA) is 115 Å². The highest BCUT2D eigenvalue weighted by Crippen LogP contribution is 2.24. The number of halogens is 1. The maximum absolute atomic E-state index is 13.1. The molecular formula is C20H21FN2O6. The van der Waals surface area contributed by atoms with E-state index in [0.29, 0.717) is 11.6 Å². The molecule has 0 saturated heterocycles. The summed E-state index contributed by atoms with van der Waals surface area (Å²) >= 11 is 0. The number of carbonyl (C=O) groups excluding carboxylic acids is 3. The van der Waals surface area contributed by atoms with Crippen molar-refractivity contribution in [2.24, 2.45) is 9.98 Å². The van der Waals surface area contributed by atoms with E-state index in [4.69, 9.17) is 4.74 Å². The van der Waals surface area contributed by atoms with Crippen LogP contribution in [0.4, 0.5) is 4.39 Å². The maximum Gasteiger partial charge on any atom is 0.373 e. The number of aliphatic hydroxyl groups excluding tert-OH is 1. The van der Waals surface area contributed by atoms with Crippen LogP contribution < -0.4 is 0 Å². The van der Waals surface area contributed by atoms with Crippen molar-refractivity contribution in [3.05, 3.63) is 47.5 Å². The van der Waals surface area contributed by atoms with E-state index < -0.39 is 40.4 Å². The van der Waals surface area contributed by atoms with E-state index >= 15 is 0 Å². The van der Waals surface area contributed by atoms with Crippen molar-refractivity contribution in [1.82, 2.24) is 0 Å². The smallest absolute Gasteiger partial charge is 0.373 e. The van der Waals surface area contributed by atoms with E-state index in [9.17, 15) is 23.9 Å². The molecule has 0 bridgehead atoms. The molecular weight excluding hydrogens is 383 g/mol. The molecule has 0 radical (unpaired) electrons. The van der Waals surface area contributed by atoms with Gasteiger partial charge in [-0.2, -0.15) is 0 Å². The molecule has 1 aromatic rings. The summed E-state index contributed by atoms with van der Waals surface area (Å²) in [5, 5.41) is 9.69. The number of methoxy groups -OCH3 is 1. The highest BCUT2D eigenvalue weighted by molar-refractivity contribution is 6.30. The number of ether oxygens (including phenoxy) is 2. The minimum atomic E-state index is -2.19. The van der Waals surface area contributed by atoms with Gasteiger partial charge in [0.05, 0.1) is 13.3 Å². The number of hydrogen-bond donors (Lipinski definition) is 1. The Kier molecular flexibility index (Phi) is 6.31. The number of aliphatic hydroxyl groups is 1. The summed E-state index contributed by atoms with van der Waals surface area (Å²) in [6, 6.07) is 5.56. The Hall–Kier alpha value is -3.36. The second kappa shape index (κ2) is 8.34. The molecule has 1 atom stereocenters. The lowest BCUT2D eigenvalue weighted by molar-refractivity contribution is -0.159. The number of hydrogen-bond acceptors (Lipinski definition) is 8. The first kappa shape index (κ1) is 21.9. The molecule has 1 N–H and O–H groups in total. The van der Waals surface area contributed by atoms with Gasteiger partial charge in [-0.25, -0.2) is 24.0 Å². The molecule has 29 heavy (non-hydrogen) atoms. The zero-order valence-electron chi connectivity index (χ0n) is 16.4. The number of amidine groups is 1. The summed E-state index contributed by atoms with van der Waals surface area (Å²) in [4.78, 5) is 45.1. The molecule has 1 unspecified atom stereocenters. The average molecular weight is 404 g/mol. The SMILES string of the molecule is COC(=O)C(O)=CC(=O)C1(C(=O)OC(C)(C)C)C=NC(Cc2ccc(F)cc2)=N1. The number of benzene rings is 1. The fourth-order valence-corrected chi connectivity index (χ4v) is 2.37. The fourth-order valence-electron chi connectivity index (χ4n) is 2.37. The molecule has 1 heterocycles. The molecule has 0 spiro atoms. The summed E-state index contributed by atoms with van der Waals surface area (Å²) in [5.74, 6) is -4.46. The van der Waals surface area contributed by atoms with Gasteiger partial charge in [0.15, 0.2) is 0 Å². The van der Waals surface area contributed by atoms with Gasteiger partial charge in [-0.05, 0) is 38.5 Å². The van der Waals surface area contributed by atoms with Crippen LogP contribution in [0.25, 0.3) is 0 Å². The first-order chi connectivity index (χ1) is 13.5. The molecule has 0 fully saturated rings. The Morgan fingerprint density at radius 2 is 1.83 bits per heavy atom. The first-order valence-electron chi connectivity index (χ1n) is 8.62. The molecule has 9 heteroatoms. The monoisotopic (exact) mass is 404 g/mol. The minimum absolute atomic E-state index is 0.126. The van der Waals surface area contributed by atoms with Gasteiger partial charge in [-0.15, -0.1) is 0 Å². The van der Waals surface area contributed by atoms with Crippen LogP contribution in [0.1, 0.15) is 26.3 Å². The third-order valence-electron chi connectivity index (χ3n) is 3.73. The zero-order chi connectivity index (χ0) is 21.8. The van der Waals surface area contributed by atoms with Crippen molar-refractivity contribution in [2.75, 3.05) is 7.11 Å². The van der Waals surface area contributed by atoms with Crippen molar-refractivity contribution in [1.29, 1.82) is 0 Å². The van der Waals surface area contributed by atoms with Gasteiger partial charge in [-0.1, -0.05) is 12.1 Å². The summed E-state index contributed by atoms with van der Waals surface area (Å²) < 4.78 is 22.7. The molecule has 8 nitrogen and oxygen atoms in total. The van der Waals surface area contributed by atoms with Crippen molar-refractivity contribution in [2.45, 2.75) is 38.3 Å². The van der Waals surface area contributed by atoms with Gasteiger partial charge in [0, 0.05) is 12.5 Å². The Labute approximate surface area is 166 Å². The maximum atomic E-state index is 13.1. The van der Waals surface area contributed by atoms with Gasteiger partial charge in [-0.3, -0.25) is 4.79 Å². The average Bonchev–Trinajstić information content (AvgIpc) is 3.06. The first-order valence-corrected chi connectivity index (χ1v) is 8.62. The number of rotatable bonds is 6. The normalized spacial score (nSPS) is 18.9. The lowest BCUT2D eigenvalue weighted by Gasteiger charge is -2.25. The van der Waals surface area contributed by atoms with Gasteiger partial charge in [0.2, 0.25) is 11.5 Å². The van der Waals surface area contributed by atoms with Crippen LogP contribution in [0.5, 0.6) is 0 Å². The molecule has 0 aromatic heterocycles. The number of carbonyl (C=O) groups is 3. The van der Waals surface area contributed by atoms with E-state index in [1.807, 2.05) is 0 Å². The minimum Gasteiger partial charge on any atom is -0.502 e. The molecule has 1 aliphatic rings. The number of aliphatic imine (C=N–C) groups is 2. The molecule has 0 amide bonds. The van der Waals surface area contributed by atoms with Crippen LogP contribution in [0, 0.1) is 5.82 Å².